The molecule has 2 aliphatic rings. The molecule has 5 nitrogen and oxygen atoms in total. The number of carboxylic acid groups (broad SMARTS) is 1. The van der Waals surface area contributed by atoms with Crippen molar-refractivity contribution in [3.63, 3.8) is 0 Å². The summed E-state index contributed by atoms with van der Waals surface area (Å²) >= 11 is 0. The standard InChI is InChI=1S/C19H30N2O.CH2O2/c1-19(2)9-8-17(14-19)21-12-10-20(11-13-21)15-16-6-4-5-7-18(16)22-3;2-1-3/h4-7,17H,8-15H2,1-3H3;1H,(H,2,3). The fourth-order valence-electron chi connectivity index (χ4n) is 4.07. The number of piperazine rings is 1. The number of hydrogen-bond acceptors (Lipinski definition) is 4. The number of rotatable bonds is 4. The van der Waals surface area contributed by atoms with Crippen molar-refractivity contribution in [2.24, 2.45) is 5.41 Å². The molecule has 1 aromatic carbocycles. The van der Waals surface area contributed by atoms with Crippen LogP contribution in [0.4, 0.5) is 0 Å². The van der Waals surface area contributed by atoms with Gasteiger partial charge in [0.1, 0.15) is 5.75 Å². The van der Waals surface area contributed by atoms with Crippen LogP contribution >= 0.6 is 0 Å². The molecule has 1 unspecified atom stereocenters. The van der Waals surface area contributed by atoms with E-state index >= 15 is 0 Å². The molecular formula is C20H32N2O3. The molecule has 3 rings (SSSR count). The van der Waals surface area contributed by atoms with Crippen molar-refractivity contribution in [3.05, 3.63) is 29.8 Å². The van der Waals surface area contributed by atoms with E-state index in [2.05, 4.69) is 41.8 Å². The summed E-state index contributed by atoms with van der Waals surface area (Å²) in [6, 6.07) is 9.22. The first-order chi connectivity index (χ1) is 12.0. The van der Waals surface area contributed by atoms with Crippen LogP contribution in [0.25, 0.3) is 0 Å². The van der Waals surface area contributed by atoms with Crippen LogP contribution in [-0.4, -0.2) is 60.7 Å². The normalized spacial score (nSPS) is 23.6. The number of benzene rings is 1. The number of carbonyl (C=O) groups is 1. The fourth-order valence-corrected chi connectivity index (χ4v) is 4.07. The first-order valence-electron chi connectivity index (χ1n) is 9.15. The van der Waals surface area contributed by atoms with Crippen LogP contribution in [0.3, 0.4) is 0 Å². The molecular weight excluding hydrogens is 316 g/mol. The van der Waals surface area contributed by atoms with Gasteiger partial charge in [-0.05, 0) is 30.7 Å². The number of methoxy groups -OCH3 is 1. The number of nitrogens with zero attached hydrogens (tertiary/aromatic N) is 2. The van der Waals surface area contributed by atoms with Gasteiger partial charge in [0.25, 0.3) is 6.47 Å². The molecule has 1 saturated heterocycles. The zero-order chi connectivity index (χ0) is 18.3. The largest absolute Gasteiger partial charge is 0.496 e. The van der Waals surface area contributed by atoms with Crippen molar-refractivity contribution in [2.45, 2.75) is 45.7 Å². The molecule has 140 valence electrons. The second-order valence-electron chi connectivity index (χ2n) is 7.79. The SMILES string of the molecule is COc1ccccc1CN1CCN(C2CCC(C)(C)C2)CC1.O=CO. The average molecular weight is 348 g/mol. The van der Waals surface area contributed by atoms with Gasteiger partial charge >= 0.3 is 0 Å². The van der Waals surface area contributed by atoms with Gasteiger partial charge in [-0.2, -0.15) is 0 Å². The van der Waals surface area contributed by atoms with Crippen molar-refractivity contribution >= 4 is 6.47 Å². The summed E-state index contributed by atoms with van der Waals surface area (Å²) in [5, 5.41) is 6.89. The van der Waals surface area contributed by atoms with Gasteiger partial charge in [-0.25, -0.2) is 0 Å². The van der Waals surface area contributed by atoms with E-state index in [1.54, 1.807) is 7.11 Å². The molecule has 1 atom stereocenters. The summed E-state index contributed by atoms with van der Waals surface area (Å²) in [6.07, 6.45) is 4.15. The van der Waals surface area contributed by atoms with Crippen molar-refractivity contribution in [3.8, 4) is 5.75 Å². The van der Waals surface area contributed by atoms with E-state index in [0.717, 1.165) is 18.3 Å². The second kappa shape index (κ2) is 9.20. The molecule has 0 bridgehead atoms. The molecule has 1 aromatic rings. The lowest BCUT2D eigenvalue weighted by atomic mass is 9.91. The highest BCUT2D eigenvalue weighted by Crippen LogP contribution is 2.39. The zero-order valence-corrected chi connectivity index (χ0v) is 15.8. The van der Waals surface area contributed by atoms with Gasteiger partial charge < -0.3 is 9.84 Å². The minimum Gasteiger partial charge on any atom is -0.496 e. The molecule has 25 heavy (non-hydrogen) atoms. The summed E-state index contributed by atoms with van der Waals surface area (Å²) in [5.41, 5.74) is 1.86. The Morgan fingerprint density at radius 2 is 1.88 bits per heavy atom. The van der Waals surface area contributed by atoms with Crippen molar-refractivity contribution in [1.82, 2.24) is 9.80 Å². The van der Waals surface area contributed by atoms with E-state index in [9.17, 15) is 0 Å². The lowest BCUT2D eigenvalue weighted by molar-refractivity contribution is -0.122. The Morgan fingerprint density at radius 3 is 2.44 bits per heavy atom. The van der Waals surface area contributed by atoms with E-state index in [4.69, 9.17) is 14.6 Å². The Hall–Kier alpha value is -1.59. The molecule has 1 N–H and O–H groups in total. The van der Waals surface area contributed by atoms with Gasteiger partial charge in [-0.1, -0.05) is 32.0 Å². The highest BCUT2D eigenvalue weighted by atomic mass is 16.5. The van der Waals surface area contributed by atoms with Crippen LogP contribution in [0.15, 0.2) is 24.3 Å². The first kappa shape index (κ1) is 19.7. The third-order valence-corrected chi connectivity index (χ3v) is 5.45. The summed E-state index contributed by atoms with van der Waals surface area (Å²) in [6.45, 7) is 10.4. The Morgan fingerprint density at radius 1 is 1.24 bits per heavy atom. The lowest BCUT2D eigenvalue weighted by Crippen LogP contribution is -2.49. The molecule has 5 heteroatoms. The predicted octanol–water partition coefficient (Wildman–Crippen LogP) is 3.09. The molecule has 0 spiro atoms. The maximum Gasteiger partial charge on any atom is 0.290 e. The molecule has 1 aliphatic carbocycles. The minimum absolute atomic E-state index is 0.250. The molecule has 0 amide bonds. The Bertz CT molecular complexity index is 539. The van der Waals surface area contributed by atoms with Crippen molar-refractivity contribution in [2.75, 3.05) is 33.3 Å². The maximum absolute atomic E-state index is 8.36. The monoisotopic (exact) mass is 348 g/mol. The van der Waals surface area contributed by atoms with Crippen LogP contribution < -0.4 is 4.74 Å². The predicted molar refractivity (Wildman–Crippen MR) is 100.0 cm³/mol. The van der Waals surface area contributed by atoms with Gasteiger partial charge in [-0.15, -0.1) is 0 Å². The topological polar surface area (TPSA) is 53.0 Å². The maximum atomic E-state index is 8.36. The average Bonchev–Trinajstić information content (AvgIpc) is 2.97. The molecule has 0 radical (unpaired) electrons. The molecule has 1 aliphatic heterocycles. The first-order valence-corrected chi connectivity index (χ1v) is 9.15. The zero-order valence-electron chi connectivity index (χ0n) is 15.8. The summed E-state index contributed by atoms with van der Waals surface area (Å²) in [5.74, 6) is 1.02. The van der Waals surface area contributed by atoms with Crippen LogP contribution in [0, 0.1) is 5.41 Å². The van der Waals surface area contributed by atoms with Crippen LogP contribution in [-0.2, 0) is 11.3 Å². The highest BCUT2D eigenvalue weighted by molar-refractivity contribution is 5.33. The third-order valence-electron chi connectivity index (χ3n) is 5.45. The molecule has 1 heterocycles. The number of para-hydroxylation sites is 1. The van der Waals surface area contributed by atoms with Gasteiger partial charge in [0.15, 0.2) is 0 Å². The Balaban J connectivity index is 0.000000701. The summed E-state index contributed by atoms with van der Waals surface area (Å²) < 4.78 is 5.48. The van der Waals surface area contributed by atoms with E-state index < -0.39 is 0 Å². The molecule has 1 saturated carbocycles. The molecule has 2 fully saturated rings. The third kappa shape index (κ3) is 5.72. The Labute approximate surface area is 151 Å². The van der Waals surface area contributed by atoms with Gasteiger partial charge in [-0.3, -0.25) is 14.6 Å². The fraction of sp³-hybridized carbons (Fsp3) is 0.650. The minimum atomic E-state index is -0.250. The van der Waals surface area contributed by atoms with Crippen molar-refractivity contribution < 1.29 is 14.6 Å². The smallest absolute Gasteiger partial charge is 0.290 e. The van der Waals surface area contributed by atoms with Crippen molar-refractivity contribution in [1.29, 1.82) is 0 Å². The van der Waals surface area contributed by atoms with Crippen LogP contribution in [0.1, 0.15) is 38.7 Å². The van der Waals surface area contributed by atoms with Gasteiger partial charge in [0, 0.05) is 44.3 Å². The van der Waals surface area contributed by atoms with E-state index in [1.165, 1.54) is 51.0 Å². The van der Waals surface area contributed by atoms with Crippen LogP contribution in [0.5, 0.6) is 5.75 Å². The summed E-state index contributed by atoms with van der Waals surface area (Å²) in [4.78, 5) is 13.7. The molecule has 0 aromatic heterocycles. The Kier molecular flexibility index (Phi) is 7.26. The van der Waals surface area contributed by atoms with Crippen LogP contribution in [0.2, 0.25) is 0 Å². The quantitative estimate of drug-likeness (QED) is 0.848. The number of ether oxygens (including phenoxy) is 1. The van der Waals surface area contributed by atoms with E-state index in [0.29, 0.717) is 5.41 Å². The second-order valence-corrected chi connectivity index (χ2v) is 7.79. The van der Waals surface area contributed by atoms with E-state index in [-0.39, 0.29) is 6.47 Å². The van der Waals surface area contributed by atoms with Gasteiger partial charge in [0.2, 0.25) is 0 Å². The lowest BCUT2D eigenvalue weighted by Gasteiger charge is -2.38. The van der Waals surface area contributed by atoms with Gasteiger partial charge in [0.05, 0.1) is 7.11 Å². The highest BCUT2D eigenvalue weighted by Gasteiger charge is 2.35. The summed E-state index contributed by atoms with van der Waals surface area (Å²) in [7, 11) is 1.76. The number of hydrogen-bond donors (Lipinski definition) is 1. The van der Waals surface area contributed by atoms with E-state index in [1.807, 2.05) is 6.07 Å².